The number of phenolic OH excluding ortho intramolecular Hbond substituents is 1. The monoisotopic (exact) mass is 243 g/mol. The fourth-order valence-corrected chi connectivity index (χ4v) is 2.85. The number of nitrogens with one attached hydrogen (secondary N) is 1. The van der Waals surface area contributed by atoms with Crippen LogP contribution < -0.4 is 4.72 Å². The first-order chi connectivity index (χ1) is 7.32. The molecule has 0 spiro atoms. The largest absolute Gasteiger partial charge is 0.505 e. The van der Waals surface area contributed by atoms with Crippen molar-refractivity contribution in [2.75, 3.05) is 10.5 Å². The highest BCUT2D eigenvalue weighted by Crippen LogP contribution is 2.27. The molecule has 0 fully saturated rings. The number of phenols is 1. The average Bonchev–Trinajstić information content (AvgIpc) is 2.10. The van der Waals surface area contributed by atoms with Gasteiger partial charge in [0.05, 0.1) is 11.4 Å². The van der Waals surface area contributed by atoms with Gasteiger partial charge in [-0.1, -0.05) is 26.0 Å². The highest BCUT2D eigenvalue weighted by atomic mass is 32.2. The minimum absolute atomic E-state index is 0.0187. The van der Waals surface area contributed by atoms with Gasteiger partial charge in [0.2, 0.25) is 10.0 Å². The van der Waals surface area contributed by atoms with Gasteiger partial charge in [-0.05, 0) is 24.5 Å². The number of rotatable bonds is 4. The summed E-state index contributed by atoms with van der Waals surface area (Å²) in [5, 5.41) is 9.67. The lowest BCUT2D eigenvalue weighted by Crippen LogP contribution is -2.20. The van der Waals surface area contributed by atoms with Gasteiger partial charge in [0.15, 0.2) is 0 Å². The summed E-state index contributed by atoms with van der Waals surface area (Å²) in [6, 6.07) is 4.96. The lowest BCUT2D eigenvalue weighted by Gasteiger charge is -2.12. The summed E-state index contributed by atoms with van der Waals surface area (Å²) in [7, 11) is -3.38. The SMILES string of the molecule is Cc1cccc(NS(=O)(=O)CC(C)C)c1O. The molecule has 2 N–H and O–H groups in total. The predicted molar refractivity (Wildman–Crippen MR) is 65.1 cm³/mol. The molecule has 0 saturated heterocycles. The second-order valence-electron chi connectivity index (χ2n) is 4.25. The molecule has 4 nitrogen and oxygen atoms in total. The average molecular weight is 243 g/mol. The molecule has 1 aromatic rings. The van der Waals surface area contributed by atoms with Crippen LogP contribution in [-0.4, -0.2) is 19.3 Å². The van der Waals surface area contributed by atoms with E-state index in [9.17, 15) is 13.5 Å². The van der Waals surface area contributed by atoms with E-state index >= 15 is 0 Å². The molecule has 16 heavy (non-hydrogen) atoms. The smallest absolute Gasteiger partial charge is 0.233 e. The van der Waals surface area contributed by atoms with E-state index in [1.807, 2.05) is 13.8 Å². The molecule has 0 bridgehead atoms. The minimum Gasteiger partial charge on any atom is -0.505 e. The van der Waals surface area contributed by atoms with Gasteiger partial charge in [0.1, 0.15) is 5.75 Å². The maximum Gasteiger partial charge on any atom is 0.233 e. The number of para-hydroxylation sites is 1. The Morgan fingerprint density at radius 3 is 2.56 bits per heavy atom. The molecule has 1 aromatic carbocycles. The topological polar surface area (TPSA) is 66.4 Å². The fraction of sp³-hybridized carbons (Fsp3) is 0.455. The van der Waals surface area contributed by atoms with Crippen molar-refractivity contribution in [3.05, 3.63) is 23.8 Å². The second-order valence-corrected chi connectivity index (χ2v) is 6.02. The molecule has 5 heteroatoms. The van der Waals surface area contributed by atoms with E-state index < -0.39 is 10.0 Å². The molecule has 0 aliphatic rings. The highest BCUT2D eigenvalue weighted by molar-refractivity contribution is 7.92. The first-order valence-electron chi connectivity index (χ1n) is 5.11. The summed E-state index contributed by atoms with van der Waals surface area (Å²) in [4.78, 5) is 0. The summed E-state index contributed by atoms with van der Waals surface area (Å²) in [6.45, 7) is 5.38. The van der Waals surface area contributed by atoms with Crippen molar-refractivity contribution in [3.63, 3.8) is 0 Å². The second kappa shape index (κ2) is 4.74. The van der Waals surface area contributed by atoms with Crippen LogP contribution in [0.15, 0.2) is 18.2 Å². The van der Waals surface area contributed by atoms with Gasteiger partial charge in [-0.3, -0.25) is 4.72 Å². The van der Waals surface area contributed by atoms with Crippen molar-refractivity contribution in [2.45, 2.75) is 20.8 Å². The van der Waals surface area contributed by atoms with Crippen LogP contribution in [0.3, 0.4) is 0 Å². The summed E-state index contributed by atoms with van der Waals surface area (Å²) in [5.74, 6) is 0.0692. The van der Waals surface area contributed by atoms with E-state index in [1.54, 1.807) is 25.1 Å². The van der Waals surface area contributed by atoms with E-state index in [4.69, 9.17) is 0 Å². The highest BCUT2D eigenvalue weighted by Gasteiger charge is 2.15. The van der Waals surface area contributed by atoms with Gasteiger partial charge in [0.25, 0.3) is 0 Å². The van der Waals surface area contributed by atoms with Crippen LogP contribution in [0.2, 0.25) is 0 Å². The third kappa shape index (κ3) is 3.41. The zero-order valence-corrected chi connectivity index (χ0v) is 10.5. The molecule has 0 atom stereocenters. The third-order valence-electron chi connectivity index (χ3n) is 2.06. The Hall–Kier alpha value is -1.23. The molecule has 0 amide bonds. The van der Waals surface area contributed by atoms with Crippen LogP contribution in [0.1, 0.15) is 19.4 Å². The molecular weight excluding hydrogens is 226 g/mol. The van der Waals surface area contributed by atoms with Crippen molar-refractivity contribution >= 4 is 15.7 Å². The van der Waals surface area contributed by atoms with E-state index in [0.29, 0.717) is 5.56 Å². The molecule has 0 aromatic heterocycles. The third-order valence-corrected chi connectivity index (χ3v) is 3.69. The van der Waals surface area contributed by atoms with E-state index in [1.165, 1.54) is 0 Å². The molecule has 0 saturated carbocycles. The number of benzene rings is 1. The van der Waals surface area contributed by atoms with Gasteiger partial charge < -0.3 is 5.11 Å². The molecular formula is C11H17NO3S. The van der Waals surface area contributed by atoms with E-state index in [2.05, 4.69) is 4.72 Å². The van der Waals surface area contributed by atoms with Crippen molar-refractivity contribution in [3.8, 4) is 5.75 Å². The first-order valence-corrected chi connectivity index (χ1v) is 6.76. The lowest BCUT2D eigenvalue weighted by molar-refractivity contribution is 0.473. The Balaban J connectivity index is 2.93. The maximum absolute atomic E-state index is 11.7. The standard InChI is InChI=1S/C11H17NO3S/c1-8(2)7-16(14,15)12-10-6-4-5-9(3)11(10)13/h4-6,8,12-13H,7H2,1-3H3. The van der Waals surface area contributed by atoms with Crippen molar-refractivity contribution in [1.29, 1.82) is 0 Å². The Bertz CT molecular complexity index is 466. The number of sulfonamides is 1. The number of aromatic hydroxyl groups is 1. The predicted octanol–water partition coefficient (Wildman–Crippen LogP) is 2.10. The number of anilines is 1. The Morgan fingerprint density at radius 2 is 2.00 bits per heavy atom. The molecule has 0 unspecified atom stereocenters. The van der Waals surface area contributed by atoms with Crippen LogP contribution in [0.5, 0.6) is 5.75 Å². The summed E-state index contributed by atoms with van der Waals surface area (Å²) >= 11 is 0. The molecule has 0 radical (unpaired) electrons. The van der Waals surface area contributed by atoms with E-state index in [-0.39, 0.29) is 23.1 Å². The van der Waals surface area contributed by atoms with E-state index in [0.717, 1.165) is 0 Å². The Kier molecular flexibility index (Phi) is 3.80. The maximum atomic E-state index is 11.7. The zero-order valence-electron chi connectivity index (χ0n) is 9.69. The molecule has 0 aliphatic carbocycles. The quantitative estimate of drug-likeness (QED) is 0.796. The molecule has 1 rings (SSSR count). The summed E-state index contributed by atoms with van der Waals surface area (Å²) < 4.78 is 25.7. The Labute approximate surface area is 96.4 Å². The minimum atomic E-state index is -3.38. The number of hydrogen-bond donors (Lipinski definition) is 2. The zero-order chi connectivity index (χ0) is 12.3. The van der Waals surface area contributed by atoms with Gasteiger partial charge in [-0.25, -0.2) is 8.42 Å². The van der Waals surface area contributed by atoms with Crippen LogP contribution in [0.25, 0.3) is 0 Å². The molecule has 90 valence electrons. The van der Waals surface area contributed by atoms with Gasteiger partial charge in [-0.2, -0.15) is 0 Å². The van der Waals surface area contributed by atoms with Crippen LogP contribution in [0.4, 0.5) is 5.69 Å². The fourth-order valence-electron chi connectivity index (χ4n) is 1.39. The van der Waals surface area contributed by atoms with Crippen molar-refractivity contribution in [2.24, 2.45) is 5.92 Å². The van der Waals surface area contributed by atoms with Gasteiger partial charge in [-0.15, -0.1) is 0 Å². The summed E-state index contributed by atoms with van der Waals surface area (Å²) in [6.07, 6.45) is 0. The van der Waals surface area contributed by atoms with Crippen LogP contribution in [-0.2, 0) is 10.0 Å². The Morgan fingerprint density at radius 1 is 1.38 bits per heavy atom. The molecule has 0 aliphatic heterocycles. The van der Waals surface area contributed by atoms with Crippen LogP contribution >= 0.6 is 0 Å². The summed E-state index contributed by atoms with van der Waals surface area (Å²) in [5.41, 5.74) is 0.880. The molecule has 0 heterocycles. The normalized spacial score (nSPS) is 11.8. The van der Waals surface area contributed by atoms with Crippen molar-refractivity contribution < 1.29 is 13.5 Å². The lowest BCUT2D eigenvalue weighted by atomic mass is 10.2. The number of hydrogen-bond acceptors (Lipinski definition) is 3. The van der Waals surface area contributed by atoms with Crippen molar-refractivity contribution in [1.82, 2.24) is 0 Å². The number of aryl methyl sites for hydroxylation is 1. The van der Waals surface area contributed by atoms with Gasteiger partial charge in [0, 0.05) is 0 Å². The van der Waals surface area contributed by atoms with Gasteiger partial charge >= 0.3 is 0 Å². The first kappa shape index (κ1) is 12.8. The van der Waals surface area contributed by atoms with Crippen LogP contribution in [0, 0.1) is 12.8 Å².